The molecule has 0 bridgehead atoms. The van der Waals surface area contributed by atoms with Gasteiger partial charge in [-0.3, -0.25) is 14.5 Å². The number of benzene rings is 2. The van der Waals surface area contributed by atoms with Crippen molar-refractivity contribution < 1.29 is 32.6 Å². The molecule has 176 valence electrons. The van der Waals surface area contributed by atoms with Crippen molar-refractivity contribution in [3.8, 4) is 5.75 Å². The standard InChI is InChI=1S/C25H20F3NO4S/c1-13-10-11-34-23(13)20-19(21(30)15-4-9-18(33-3)14(2)12-15)22(31)24(32)29(20)17-7-5-16(6-8-17)25(26,27)28/h4-12,20,30H,1-3H3/b21-19-. The van der Waals surface area contributed by atoms with Crippen LogP contribution in [0, 0.1) is 13.8 Å². The van der Waals surface area contributed by atoms with Gasteiger partial charge in [0, 0.05) is 16.1 Å². The fraction of sp³-hybridized carbons (Fsp3) is 0.200. The predicted molar refractivity (Wildman–Crippen MR) is 123 cm³/mol. The summed E-state index contributed by atoms with van der Waals surface area (Å²) in [5.41, 5.74) is 0.948. The second kappa shape index (κ2) is 8.64. The zero-order chi connectivity index (χ0) is 24.8. The Morgan fingerprint density at radius 1 is 1.03 bits per heavy atom. The number of ether oxygens (including phenoxy) is 1. The minimum Gasteiger partial charge on any atom is -0.507 e. The first kappa shape index (κ1) is 23.6. The van der Waals surface area contributed by atoms with Gasteiger partial charge in [0.25, 0.3) is 11.7 Å². The fourth-order valence-corrected chi connectivity index (χ4v) is 5.03. The molecule has 1 saturated heterocycles. The summed E-state index contributed by atoms with van der Waals surface area (Å²) in [4.78, 5) is 28.0. The minimum atomic E-state index is -4.54. The molecule has 1 atom stereocenters. The van der Waals surface area contributed by atoms with Gasteiger partial charge in [-0.1, -0.05) is 0 Å². The smallest absolute Gasteiger partial charge is 0.416 e. The molecule has 1 amide bonds. The highest BCUT2D eigenvalue weighted by Crippen LogP contribution is 2.45. The topological polar surface area (TPSA) is 66.8 Å². The zero-order valence-corrected chi connectivity index (χ0v) is 19.3. The van der Waals surface area contributed by atoms with Crippen molar-refractivity contribution in [3.05, 3.63) is 86.6 Å². The number of Topliss-reactive ketones (excluding diaryl/α,β-unsaturated/α-hetero) is 1. The maximum Gasteiger partial charge on any atom is 0.416 e. The Labute approximate surface area is 197 Å². The maximum atomic E-state index is 13.1. The largest absolute Gasteiger partial charge is 0.507 e. The van der Waals surface area contributed by atoms with Gasteiger partial charge in [-0.15, -0.1) is 11.3 Å². The summed E-state index contributed by atoms with van der Waals surface area (Å²) < 4.78 is 44.4. The Kier molecular flexibility index (Phi) is 5.99. The second-order valence-electron chi connectivity index (χ2n) is 7.87. The molecule has 1 aliphatic rings. The van der Waals surface area contributed by atoms with Crippen molar-refractivity contribution in [2.24, 2.45) is 0 Å². The third-order valence-corrected chi connectivity index (χ3v) is 6.81. The molecule has 5 nitrogen and oxygen atoms in total. The van der Waals surface area contributed by atoms with E-state index >= 15 is 0 Å². The van der Waals surface area contributed by atoms with Crippen LogP contribution in [-0.4, -0.2) is 23.9 Å². The molecule has 0 radical (unpaired) electrons. The number of methoxy groups -OCH3 is 1. The third-order valence-electron chi connectivity index (χ3n) is 5.74. The Bertz CT molecular complexity index is 1310. The van der Waals surface area contributed by atoms with Crippen LogP contribution >= 0.6 is 11.3 Å². The Morgan fingerprint density at radius 2 is 1.71 bits per heavy atom. The van der Waals surface area contributed by atoms with E-state index in [9.17, 15) is 27.9 Å². The predicted octanol–water partition coefficient (Wildman–Crippen LogP) is 6.02. The number of aryl methyl sites for hydroxylation is 2. The van der Waals surface area contributed by atoms with E-state index in [2.05, 4.69) is 0 Å². The van der Waals surface area contributed by atoms with Crippen molar-refractivity contribution in [3.63, 3.8) is 0 Å². The number of carbonyl (C=O) groups excluding carboxylic acids is 2. The summed E-state index contributed by atoms with van der Waals surface area (Å²) >= 11 is 1.29. The number of hydrogen-bond acceptors (Lipinski definition) is 5. The number of hydrogen-bond donors (Lipinski definition) is 1. The van der Waals surface area contributed by atoms with Gasteiger partial charge >= 0.3 is 6.18 Å². The third kappa shape index (κ3) is 3.96. The van der Waals surface area contributed by atoms with E-state index in [0.717, 1.165) is 34.7 Å². The van der Waals surface area contributed by atoms with E-state index < -0.39 is 29.5 Å². The molecular weight excluding hydrogens is 467 g/mol. The van der Waals surface area contributed by atoms with E-state index in [1.54, 1.807) is 37.4 Å². The van der Waals surface area contributed by atoms with Crippen LogP contribution in [0.5, 0.6) is 5.75 Å². The highest BCUT2D eigenvalue weighted by molar-refractivity contribution is 7.10. The molecule has 3 aromatic rings. The lowest BCUT2D eigenvalue weighted by molar-refractivity contribution is -0.137. The Morgan fingerprint density at radius 3 is 2.24 bits per heavy atom. The summed E-state index contributed by atoms with van der Waals surface area (Å²) in [6, 6.07) is 9.71. The molecule has 0 aliphatic carbocycles. The number of amides is 1. The highest BCUT2D eigenvalue weighted by Gasteiger charge is 2.48. The lowest BCUT2D eigenvalue weighted by atomic mass is 9.97. The van der Waals surface area contributed by atoms with E-state index in [4.69, 9.17) is 4.74 Å². The van der Waals surface area contributed by atoms with Gasteiger partial charge in [0.1, 0.15) is 17.6 Å². The quantitative estimate of drug-likeness (QED) is 0.278. The van der Waals surface area contributed by atoms with Crippen LogP contribution < -0.4 is 9.64 Å². The first-order valence-electron chi connectivity index (χ1n) is 10.2. The van der Waals surface area contributed by atoms with Crippen molar-refractivity contribution in [1.29, 1.82) is 0 Å². The van der Waals surface area contributed by atoms with Gasteiger partial charge in [-0.25, -0.2) is 0 Å². The van der Waals surface area contributed by atoms with Crippen LogP contribution in [0.25, 0.3) is 5.76 Å². The molecule has 1 N–H and O–H groups in total. The molecule has 1 unspecified atom stereocenters. The average molecular weight is 487 g/mol. The van der Waals surface area contributed by atoms with Crippen molar-refractivity contribution >= 4 is 34.5 Å². The number of nitrogens with zero attached hydrogens (tertiary/aromatic N) is 1. The lowest BCUT2D eigenvalue weighted by Crippen LogP contribution is -2.29. The van der Waals surface area contributed by atoms with Gasteiger partial charge in [0.05, 0.1) is 18.2 Å². The van der Waals surface area contributed by atoms with Crippen LogP contribution in [-0.2, 0) is 15.8 Å². The lowest BCUT2D eigenvalue weighted by Gasteiger charge is -2.25. The molecule has 1 fully saturated rings. The van der Waals surface area contributed by atoms with Gasteiger partial charge < -0.3 is 9.84 Å². The molecule has 0 spiro atoms. The maximum absolute atomic E-state index is 13.1. The van der Waals surface area contributed by atoms with E-state index in [-0.39, 0.29) is 17.0 Å². The molecular formula is C25H20F3NO4S. The first-order valence-corrected chi connectivity index (χ1v) is 11.1. The van der Waals surface area contributed by atoms with Gasteiger partial charge in [-0.05, 0) is 78.9 Å². The van der Waals surface area contributed by atoms with E-state index in [0.29, 0.717) is 21.8 Å². The number of anilines is 1. The molecule has 1 aromatic heterocycles. The van der Waals surface area contributed by atoms with Crippen LogP contribution in [0.3, 0.4) is 0 Å². The van der Waals surface area contributed by atoms with Gasteiger partial charge in [0.2, 0.25) is 0 Å². The molecule has 0 saturated carbocycles. The van der Waals surface area contributed by atoms with Crippen LogP contribution in [0.15, 0.2) is 59.5 Å². The molecule has 9 heteroatoms. The number of alkyl halides is 3. The van der Waals surface area contributed by atoms with Crippen LogP contribution in [0.1, 0.15) is 33.2 Å². The summed E-state index contributed by atoms with van der Waals surface area (Å²) in [5, 5.41) is 13.0. The number of rotatable bonds is 4. The monoisotopic (exact) mass is 487 g/mol. The number of aliphatic hydroxyl groups excluding tert-OH is 1. The normalized spacial score (nSPS) is 17.9. The molecule has 2 heterocycles. The van der Waals surface area contributed by atoms with Crippen LogP contribution in [0.2, 0.25) is 0 Å². The number of thiophene rings is 1. The molecule has 34 heavy (non-hydrogen) atoms. The number of ketones is 1. The second-order valence-corrected chi connectivity index (χ2v) is 8.81. The summed E-state index contributed by atoms with van der Waals surface area (Å²) in [7, 11) is 1.51. The van der Waals surface area contributed by atoms with E-state index in [1.165, 1.54) is 18.4 Å². The van der Waals surface area contributed by atoms with Crippen molar-refractivity contribution in [2.45, 2.75) is 26.1 Å². The fourth-order valence-electron chi connectivity index (χ4n) is 4.00. The molecule has 4 rings (SSSR count). The zero-order valence-electron chi connectivity index (χ0n) is 18.4. The number of aliphatic hydroxyl groups is 1. The average Bonchev–Trinajstić information content (AvgIpc) is 3.33. The molecule has 1 aliphatic heterocycles. The SMILES string of the molecule is COc1ccc(/C(O)=C2/C(=O)C(=O)N(c3ccc(C(F)(F)F)cc3)C2c2sccc2C)cc1C. The Balaban J connectivity index is 1.90. The highest BCUT2D eigenvalue weighted by atomic mass is 32.1. The first-order chi connectivity index (χ1) is 16.0. The van der Waals surface area contributed by atoms with E-state index in [1.807, 2.05) is 6.07 Å². The number of carbonyl (C=O) groups is 2. The number of halogens is 3. The van der Waals surface area contributed by atoms with Gasteiger partial charge in [0.15, 0.2) is 0 Å². The van der Waals surface area contributed by atoms with Crippen molar-refractivity contribution in [2.75, 3.05) is 12.0 Å². The summed E-state index contributed by atoms with van der Waals surface area (Å²) in [6.07, 6.45) is -4.54. The molecule has 2 aromatic carbocycles. The van der Waals surface area contributed by atoms with Gasteiger partial charge in [-0.2, -0.15) is 13.2 Å². The Hall–Kier alpha value is -3.59. The van der Waals surface area contributed by atoms with Crippen molar-refractivity contribution in [1.82, 2.24) is 0 Å². The summed E-state index contributed by atoms with van der Waals surface area (Å²) in [5.74, 6) is -1.61. The minimum absolute atomic E-state index is 0.123. The van der Waals surface area contributed by atoms with Crippen LogP contribution in [0.4, 0.5) is 18.9 Å². The summed E-state index contributed by atoms with van der Waals surface area (Å²) in [6.45, 7) is 3.58.